The number of carbonyl (C=O) groups is 1. The van der Waals surface area contributed by atoms with E-state index in [0.29, 0.717) is 33.7 Å². The van der Waals surface area contributed by atoms with E-state index in [-0.39, 0.29) is 12.1 Å². The molecule has 7 nitrogen and oxygen atoms in total. The molecule has 0 spiro atoms. The molecular formula is C21H20ClN3O4. The Morgan fingerprint density at radius 2 is 1.79 bits per heavy atom. The maximum absolute atomic E-state index is 12.7. The number of anilines is 1. The van der Waals surface area contributed by atoms with Gasteiger partial charge in [-0.25, -0.2) is 4.98 Å². The Labute approximate surface area is 172 Å². The van der Waals surface area contributed by atoms with Crippen LogP contribution in [0.3, 0.4) is 0 Å². The summed E-state index contributed by atoms with van der Waals surface area (Å²) in [4.78, 5) is 29.7. The van der Waals surface area contributed by atoms with E-state index >= 15 is 0 Å². The number of aryl methyl sites for hydroxylation is 1. The van der Waals surface area contributed by atoms with Crippen LogP contribution in [0.15, 0.2) is 53.3 Å². The highest BCUT2D eigenvalue weighted by molar-refractivity contribution is 6.32. The molecule has 3 rings (SSSR count). The molecule has 0 fully saturated rings. The molecule has 0 unspecified atom stereocenters. The van der Waals surface area contributed by atoms with Crippen molar-refractivity contribution in [2.45, 2.75) is 13.5 Å². The largest absolute Gasteiger partial charge is 0.495 e. The Hall–Kier alpha value is -3.32. The molecule has 0 saturated heterocycles. The van der Waals surface area contributed by atoms with Crippen LogP contribution >= 0.6 is 11.6 Å². The maximum Gasteiger partial charge on any atom is 0.254 e. The van der Waals surface area contributed by atoms with E-state index in [9.17, 15) is 9.59 Å². The van der Waals surface area contributed by atoms with E-state index in [1.807, 2.05) is 30.3 Å². The fourth-order valence-corrected chi connectivity index (χ4v) is 3.11. The van der Waals surface area contributed by atoms with Crippen LogP contribution in [-0.2, 0) is 11.3 Å². The normalized spacial score (nSPS) is 10.5. The van der Waals surface area contributed by atoms with E-state index in [1.165, 1.54) is 30.9 Å². The summed E-state index contributed by atoms with van der Waals surface area (Å²) >= 11 is 6.15. The summed E-state index contributed by atoms with van der Waals surface area (Å²) in [5.74, 6) is 0.809. The van der Waals surface area contributed by atoms with E-state index in [0.717, 1.165) is 5.56 Å². The number of nitrogens with zero attached hydrogens (tertiary/aromatic N) is 2. The number of hydrogen-bond donors (Lipinski definition) is 1. The van der Waals surface area contributed by atoms with Crippen LogP contribution in [0.25, 0.3) is 11.4 Å². The van der Waals surface area contributed by atoms with Crippen LogP contribution in [0.5, 0.6) is 11.5 Å². The van der Waals surface area contributed by atoms with Gasteiger partial charge in [0, 0.05) is 23.4 Å². The number of carbonyl (C=O) groups excluding carboxylic acids is 1. The zero-order valence-corrected chi connectivity index (χ0v) is 17.0. The molecule has 0 bridgehead atoms. The minimum atomic E-state index is -0.422. The topological polar surface area (TPSA) is 82.4 Å². The van der Waals surface area contributed by atoms with Crippen LogP contribution in [0.2, 0.25) is 5.02 Å². The van der Waals surface area contributed by atoms with Gasteiger partial charge in [0.15, 0.2) is 0 Å². The number of amides is 1. The van der Waals surface area contributed by atoms with Gasteiger partial charge < -0.3 is 14.8 Å². The third-order valence-corrected chi connectivity index (χ3v) is 4.51. The lowest BCUT2D eigenvalue weighted by atomic mass is 10.2. The Morgan fingerprint density at radius 1 is 1.10 bits per heavy atom. The van der Waals surface area contributed by atoms with Crippen molar-refractivity contribution in [3.63, 3.8) is 0 Å². The summed E-state index contributed by atoms with van der Waals surface area (Å²) in [5.41, 5.74) is 1.38. The average molecular weight is 414 g/mol. The molecule has 0 saturated carbocycles. The number of benzene rings is 2. The lowest BCUT2D eigenvalue weighted by molar-refractivity contribution is -0.116. The molecule has 3 aromatic rings. The molecule has 1 N–H and O–H groups in total. The van der Waals surface area contributed by atoms with Gasteiger partial charge in [-0.2, -0.15) is 0 Å². The maximum atomic E-state index is 12.7. The molecule has 0 aliphatic heterocycles. The van der Waals surface area contributed by atoms with Crippen LogP contribution in [0, 0.1) is 6.92 Å². The minimum absolute atomic E-state index is 0.219. The molecule has 2 aromatic carbocycles. The summed E-state index contributed by atoms with van der Waals surface area (Å²) in [6.45, 7) is 1.52. The second-order valence-electron chi connectivity index (χ2n) is 6.25. The van der Waals surface area contributed by atoms with Crippen LogP contribution in [0.1, 0.15) is 5.69 Å². The first-order valence-electron chi connectivity index (χ1n) is 8.78. The highest BCUT2D eigenvalue weighted by Gasteiger charge is 2.16. The van der Waals surface area contributed by atoms with Crippen molar-refractivity contribution in [2.24, 2.45) is 0 Å². The molecule has 1 heterocycles. The number of methoxy groups -OCH3 is 2. The first-order valence-corrected chi connectivity index (χ1v) is 9.16. The zero-order valence-electron chi connectivity index (χ0n) is 16.2. The minimum Gasteiger partial charge on any atom is -0.495 e. The first-order chi connectivity index (χ1) is 13.9. The van der Waals surface area contributed by atoms with Crippen LogP contribution in [-0.4, -0.2) is 29.7 Å². The number of nitrogens with one attached hydrogen (secondary N) is 1. The van der Waals surface area contributed by atoms with Crippen LogP contribution in [0.4, 0.5) is 5.69 Å². The molecule has 0 radical (unpaired) electrons. The van der Waals surface area contributed by atoms with Crippen molar-refractivity contribution in [2.75, 3.05) is 19.5 Å². The molecule has 1 amide bonds. The molecular weight excluding hydrogens is 394 g/mol. The lowest BCUT2D eigenvalue weighted by Crippen LogP contribution is -2.29. The van der Waals surface area contributed by atoms with E-state index < -0.39 is 5.91 Å². The van der Waals surface area contributed by atoms with Crippen molar-refractivity contribution >= 4 is 23.2 Å². The third-order valence-electron chi connectivity index (χ3n) is 4.22. The predicted octanol–water partition coefficient (Wildman–Crippen LogP) is 3.53. The molecule has 29 heavy (non-hydrogen) atoms. The van der Waals surface area contributed by atoms with Crippen molar-refractivity contribution in [1.29, 1.82) is 0 Å². The number of halogens is 1. The summed E-state index contributed by atoms with van der Waals surface area (Å²) in [6.07, 6.45) is 0. The molecule has 0 atom stereocenters. The van der Waals surface area contributed by atoms with Gasteiger partial charge in [-0.3, -0.25) is 14.2 Å². The summed E-state index contributed by atoms with van der Waals surface area (Å²) in [5, 5.41) is 3.05. The Kier molecular flexibility index (Phi) is 6.19. The molecule has 8 heteroatoms. The lowest BCUT2D eigenvalue weighted by Gasteiger charge is -2.15. The van der Waals surface area contributed by atoms with Gasteiger partial charge in [-0.15, -0.1) is 0 Å². The van der Waals surface area contributed by atoms with E-state index in [1.54, 1.807) is 13.0 Å². The number of aromatic nitrogens is 2. The van der Waals surface area contributed by atoms with Crippen LogP contribution < -0.4 is 20.3 Å². The van der Waals surface area contributed by atoms with E-state index in [2.05, 4.69) is 10.3 Å². The zero-order chi connectivity index (χ0) is 21.0. The number of rotatable bonds is 6. The molecule has 0 aliphatic carbocycles. The van der Waals surface area contributed by atoms with Gasteiger partial charge in [-0.1, -0.05) is 41.9 Å². The quantitative estimate of drug-likeness (QED) is 0.668. The second kappa shape index (κ2) is 8.79. The standard InChI is InChI=1S/C21H20ClN3O4/c1-13-9-20(27)25(21(23-13)14-7-5-4-6-8-14)12-19(26)24-16-10-15(22)17(28-2)11-18(16)29-3/h4-11H,12H2,1-3H3,(H,24,26). The molecule has 150 valence electrons. The highest BCUT2D eigenvalue weighted by atomic mass is 35.5. The third kappa shape index (κ3) is 4.57. The van der Waals surface area contributed by atoms with Gasteiger partial charge >= 0.3 is 0 Å². The predicted molar refractivity (Wildman–Crippen MR) is 112 cm³/mol. The Balaban J connectivity index is 1.93. The van der Waals surface area contributed by atoms with Gasteiger partial charge in [0.05, 0.1) is 24.9 Å². The summed E-state index contributed by atoms with van der Waals surface area (Å²) in [7, 11) is 2.96. The second-order valence-corrected chi connectivity index (χ2v) is 6.65. The Bertz CT molecular complexity index is 1100. The summed E-state index contributed by atoms with van der Waals surface area (Å²) in [6, 6.07) is 13.7. The average Bonchev–Trinajstić information content (AvgIpc) is 2.70. The number of hydrogen-bond acceptors (Lipinski definition) is 5. The monoisotopic (exact) mass is 413 g/mol. The smallest absolute Gasteiger partial charge is 0.254 e. The first kappa shape index (κ1) is 20.4. The van der Waals surface area contributed by atoms with Crippen molar-refractivity contribution in [3.05, 3.63) is 69.6 Å². The van der Waals surface area contributed by atoms with Gasteiger partial charge in [0.25, 0.3) is 5.56 Å². The van der Waals surface area contributed by atoms with Crippen molar-refractivity contribution < 1.29 is 14.3 Å². The Morgan fingerprint density at radius 3 is 2.45 bits per heavy atom. The summed E-state index contributed by atoms with van der Waals surface area (Å²) < 4.78 is 11.8. The molecule has 0 aliphatic rings. The van der Waals surface area contributed by atoms with Gasteiger partial charge in [-0.05, 0) is 13.0 Å². The van der Waals surface area contributed by atoms with Gasteiger partial charge in [0.2, 0.25) is 5.91 Å². The van der Waals surface area contributed by atoms with E-state index in [4.69, 9.17) is 21.1 Å². The fraction of sp³-hybridized carbons (Fsp3) is 0.190. The SMILES string of the molecule is COc1cc(OC)c(NC(=O)Cn2c(-c3ccccc3)nc(C)cc2=O)cc1Cl. The van der Waals surface area contributed by atoms with Gasteiger partial charge in [0.1, 0.15) is 23.9 Å². The highest BCUT2D eigenvalue weighted by Crippen LogP contribution is 2.35. The fourth-order valence-electron chi connectivity index (χ4n) is 2.87. The van der Waals surface area contributed by atoms with Crippen molar-refractivity contribution in [3.8, 4) is 22.9 Å². The molecule has 1 aromatic heterocycles. The number of ether oxygens (including phenoxy) is 2. The van der Waals surface area contributed by atoms with Crippen molar-refractivity contribution in [1.82, 2.24) is 9.55 Å².